The average Bonchev–Trinajstić information content (AvgIpc) is 3.18. The van der Waals surface area contributed by atoms with Gasteiger partial charge in [-0.25, -0.2) is 0 Å². The fraction of sp³-hybridized carbons (Fsp3) is 0.429. The molecule has 0 fully saturated rings. The Morgan fingerprint density at radius 2 is 1.06 bits per heavy atom. The molecule has 0 unspecified atom stereocenters. The first kappa shape index (κ1) is 27.7. The molecule has 2 aliphatic carbocycles. The third-order valence-electron chi connectivity index (χ3n) is 7.07. The molecular weight excluding hydrogens is 483 g/mol. The first-order valence-electron chi connectivity index (χ1n) is 11.5. The number of fused-ring (bicyclic) bond motifs is 2. The quantitative estimate of drug-likeness (QED) is 0.545. The van der Waals surface area contributed by atoms with Gasteiger partial charge < -0.3 is 24.8 Å². The van der Waals surface area contributed by atoms with Crippen LogP contribution in [0.15, 0.2) is 47.5 Å². The van der Waals surface area contributed by atoms with Gasteiger partial charge in [-0.3, -0.25) is 0 Å². The van der Waals surface area contributed by atoms with Gasteiger partial charge in [-0.2, -0.15) is 0 Å². The zero-order valence-corrected chi connectivity index (χ0v) is 24.8. The van der Waals surface area contributed by atoms with Crippen LogP contribution < -0.4 is 24.8 Å². The molecule has 0 spiro atoms. The molecule has 0 amide bonds. The van der Waals surface area contributed by atoms with E-state index in [0.717, 1.165) is 0 Å². The maximum atomic E-state index is 2.61. The minimum atomic E-state index is -1.50. The number of rotatable bonds is 4. The van der Waals surface area contributed by atoms with Crippen LogP contribution in [-0.2, 0) is 16.6 Å². The monoisotopic (exact) mass is 518 g/mol. The molecule has 0 aromatic heterocycles. The Hall–Kier alpha value is -0.569. The van der Waals surface area contributed by atoms with Crippen LogP contribution in [0.1, 0.15) is 95.2 Å². The molecule has 0 bridgehead atoms. The molecule has 4 rings (SSSR count). The first-order valence-corrected chi connectivity index (χ1v) is 18.2. The van der Waals surface area contributed by atoms with E-state index >= 15 is 0 Å². The summed E-state index contributed by atoms with van der Waals surface area (Å²) in [5.74, 6) is 1.17. The zero-order chi connectivity index (χ0) is 21.7. The van der Waals surface area contributed by atoms with Crippen molar-refractivity contribution in [2.24, 2.45) is 0 Å². The van der Waals surface area contributed by atoms with Crippen molar-refractivity contribution in [2.45, 2.75) is 74.9 Å². The van der Waals surface area contributed by atoms with E-state index in [9.17, 15) is 0 Å². The number of benzene rings is 2. The summed E-state index contributed by atoms with van der Waals surface area (Å²) in [5, 5.41) is 0. The van der Waals surface area contributed by atoms with Crippen LogP contribution in [0.25, 0.3) is 12.2 Å². The van der Waals surface area contributed by atoms with Crippen LogP contribution in [-0.4, -0.2) is 6.19 Å². The Balaban J connectivity index is 0.00000181. The smallest absolute Gasteiger partial charge is 1.00 e. The van der Waals surface area contributed by atoms with E-state index < -0.39 is 16.6 Å². The Morgan fingerprint density at radius 3 is 1.38 bits per heavy atom. The van der Waals surface area contributed by atoms with Crippen molar-refractivity contribution in [3.63, 3.8) is 0 Å². The van der Waals surface area contributed by atoms with Gasteiger partial charge in [0.15, 0.2) is 0 Å². The maximum absolute atomic E-state index is 2.61. The summed E-state index contributed by atoms with van der Waals surface area (Å²) in [7, 11) is 0. The van der Waals surface area contributed by atoms with Crippen LogP contribution in [0, 0.1) is 0 Å². The molecule has 32 heavy (non-hydrogen) atoms. The topological polar surface area (TPSA) is 0 Å². The summed E-state index contributed by atoms with van der Waals surface area (Å²) in [6, 6.07) is 14.3. The Kier molecular flexibility index (Phi) is 9.33. The fourth-order valence-corrected chi connectivity index (χ4v) is 19.6. The van der Waals surface area contributed by atoms with E-state index in [1.54, 1.807) is 33.4 Å². The van der Waals surface area contributed by atoms with Gasteiger partial charge in [0.25, 0.3) is 0 Å². The molecule has 0 N–H and O–H groups in total. The second kappa shape index (κ2) is 10.8. The molecule has 0 radical (unpaired) electrons. The van der Waals surface area contributed by atoms with Crippen molar-refractivity contribution >= 4 is 18.3 Å². The van der Waals surface area contributed by atoms with Gasteiger partial charge in [0.2, 0.25) is 0 Å². The number of allylic oxidation sites excluding steroid dienone is 2. The molecule has 0 saturated carbocycles. The predicted octanol–water partition coefficient (Wildman–Crippen LogP) is 2.43. The van der Waals surface area contributed by atoms with Crippen molar-refractivity contribution in [1.82, 2.24) is 0 Å². The molecule has 0 nitrogen and oxygen atoms in total. The van der Waals surface area contributed by atoms with E-state index in [-0.39, 0.29) is 31.0 Å². The second-order valence-electron chi connectivity index (χ2n) is 10.1. The minimum Gasteiger partial charge on any atom is -1.00 e. The van der Waals surface area contributed by atoms with Gasteiger partial charge in [-0.1, -0.05) is 0 Å². The molecule has 0 saturated heterocycles. The number of halogens is 2. The van der Waals surface area contributed by atoms with Crippen molar-refractivity contribution in [3.05, 3.63) is 80.9 Å². The standard InChI is InChI=1S/2C13H15.C2H6Si.2ClH.Ti/c2*1-9(2)12-6-4-5-11-7-10(3)8-13(11)12;1-3-2;;;/h2*4-9H,1-3H3;1-2H3;2*1H;/q;;;;;+2/p-2. The summed E-state index contributed by atoms with van der Waals surface area (Å²) in [6.07, 6.45) is 4.73. The van der Waals surface area contributed by atoms with E-state index in [1.807, 2.05) is 0 Å². The summed E-state index contributed by atoms with van der Waals surface area (Å²) in [5.41, 5.74) is 12.8. The third-order valence-corrected chi connectivity index (χ3v) is 20.3. The van der Waals surface area contributed by atoms with Gasteiger partial charge >= 0.3 is 191 Å². The van der Waals surface area contributed by atoms with Crippen molar-refractivity contribution in [2.75, 3.05) is 0 Å². The van der Waals surface area contributed by atoms with E-state index in [0.29, 0.717) is 20.3 Å². The summed E-state index contributed by atoms with van der Waals surface area (Å²) >= 11 is -1.50. The summed E-state index contributed by atoms with van der Waals surface area (Å²) in [6.45, 7) is 19.4. The van der Waals surface area contributed by atoms with Gasteiger partial charge in [-0.05, 0) is 0 Å². The maximum Gasteiger partial charge on any atom is -1.00 e. The van der Waals surface area contributed by atoms with Crippen molar-refractivity contribution in [1.29, 1.82) is 0 Å². The normalized spacial score (nSPS) is 18.2. The predicted molar refractivity (Wildman–Crippen MR) is 131 cm³/mol. The van der Waals surface area contributed by atoms with Gasteiger partial charge in [0, 0.05) is 0 Å². The first-order chi connectivity index (χ1) is 14.2. The van der Waals surface area contributed by atoms with E-state index in [2.05, 4.69) is 103 Å². The van der Waals surface area contributed by atoms with Crippen LogP contribution in [0.2, 0.25) is 13.1 Å². The van der Waals surface area contributed by atoms with Crippen molar-refractivity contribution in [3.8, 4) is 0 Å². The third kappa shape index (κ3) is 4.66. The molecule has 2 atom stereocenters. The van der Waals surface area contributed by atoms with Gasteiger partial charge in [0.1, 0.15) is 0 Å². The van der Waals surface area contributed by atoms with Crippen LogP contribution >= 0.6 is 0 Å². The minimum absolute atomic E-state index is 0. The molecular formula is C28H36Cl2SiTi. The molecule has 0 aliphatic heterocycles. The van der Waals surface area contributed by atoms with Crippen molar-refractivity contribution < 1.29 is 41.4 Å². The average molecular weight is 519 g/mol. The fourth-order valence-electron chi connectivity index (χ4n) is 5.73. The number of hydrogen-bond donors (Lipinski definition) is 0. The summed E-state index contributed by atoms with van der Waals surface area (Å²) < 4.78 is 1.43. The van der Waals surface area contributed by atoms with Crippen LogP contribution in [0.5, 0.6) is 0 Å². The SMILES string of the molecule is CC1=Cc2c(C(C)C)cccc2[C@@H]1[Ti+2]([C@H]1C(C)=Cc2c(C(C)C)cccc21)=[Si](C)C.[Cl-].[Cl-]. The Labute approximate surface area is 214 Å². The van der Waals surface area contributed by atoms with Crippen LogP contribution in [0.3, 0.4) is 0 Å². The second-order valence-corrected chi connectivity index (χ2v) is 22.4. The molecule has 4 heteroatoms. The van der Waals surface area contributed by atoms with E-state index in [1.165, 1.54) is 11.1 Å². The zero-order valence-electron chi connectivity index (χ0n) is 20.7. The largest absolute Gasteiger partial charge is 1.00 e. The van der Waals surface area contributed by atoms with Crippen LogP contribution in [0.4, 0.5) is 0 Å². The molecule has 2 aliphatic rings. The van der Waals surface area contributed by atoms with E-state index in [4.69, 9.17) is 0 Å². The van der Waals surface area contributed by atoms with Gasteiger partial charge in [-0.15, -0.1) is 0 Å². The Morgan fingerprint density at radius 1 is 0.688 bits per heavy atom. The summed E-state index contributed by atoms with van der Waals surface area (Å²) in [4.78, 5) is 0. The molecule has 170 valence electrons. The molecule has 2 aromatic carbocycles. The Bertz CT molecular complexity index is 1020. The van der Waals surface area contributed by atoms with Gasteiger partial charge in [0.05, 0.1) is 0 Å². The molecule has 0 heterocycles. The molecule has 2 aromatic rings. The number of hydrogen-bond acceptors (Lipinski definition) is 0.